The van der Waals surface area contributed by atoms with E-state index in [1.54, 1.807) is 12.1 Å². The smallest absolute Gasteiger partial charge is 0.252 e. The van der Waals surface area contributed by atoms with Crippen LogP contribution in [0.15, 0.2) is 22.7 Å². The summed E-state index contributed by atoms with van der Waals surface area (Å²) < 4.78 is 0.729. The Morgan fingerprint density at radius 1 is 1.47 bits per heavy atom. The largest absolute Gasteiger partial charge is 0.368 e. The molecular weight excluding hydrogens is 260 g/mol. The summed E-state index contributed by atoms with van der Waals surface area (Å²) in [6.45, 7) is 1.73. The predicted octanol–water partition coefficient (Wildman–Crippen LogP) is 0.973. The zero-order chi connectivity index (χ0) is 11.4. The van der Waals surface area contributed by atoms with Crippen molar-refractivity contribution in [2.24, 2.45) is 5.73 Å². The number of rotatable bonds is 3. The van der Waals surface area contributed by atoms with Gasteiger partial charge in [0.15, 0.2) is 0 Å². The third-order valence-corrected chi connectivity index (χ3v) is 2.91. The number of benzene rings is 1. The number of amides is 2. The molecule has 0 heterocycles. The molecule has 0 aromatic heterocycles. The van der Waals surface area contributed by atoms with Gasteiger partial charge in [-0.3, -0.25) is 9.59 Å². The number of primary amides is 1. The molecule has 5 heteroatoms. The van der Waals surface area contributed by atoms with Crippen molar-refractivity contribution in [2.45, 2.75) is 6.92 Å². The highest BCUT2D eigenvalue weighted by Gasteiger charge is 2.11. The zero-order valence-electron chi connectivity index (χ0n) is 8.21. The minimum Gasteiger partial charge on any atom is -0.368 e. The molecule has 0 fully saturated rings. The maximum atomic E-state index is 11.6. The molecule has 0 saturated heterocycles. The summed E-state index contributed by atoms with van der Waals surface area (Å²) in [6.07, 6.45) is 0. The van der Waals surface area contributed by atoms with Crippen molar-refractivity contribution in [1.29, 1.82) is 0 Å². The quantitative estimate of drug-likeness (QED) is 0.859. The van der Waals surface area contributed by atoms with Gasteiger partial charge in [-0.25, -0.2) is 0 Å². The predicted molar refractivity (Wildman–Crippen MR) is 60.4 cm³/mol. The highest BCUT2D eigenvalue weighted by atomic mass is 79.9. The summed E-state index contributed by atoms with van der Waals surface area (Å²) in [5.74, 6) is -0.878. The lowest BCUT2D eigenvalue weighted by Crippen LogP contribution is -2.33. The molecule has 0 bridgehead atoms. The number of nitrogens with one attached hydrogen (secondary N) is 1. The van der Waals surface area contributed by atoms with Crippen LogP contribution in [0, 0.1) is 6.92 Å². The third-order valence-electron chi connectivity index (χ3n) is 1.86. The summed E-state index contributed by atoms with van der Waals surface area (Å²) in [7, 11) is 0. The van der Waals surface area contributed by atoms with Crippen molar-refractivity contribution in [2.75, 3.05) is 6.54 Å². The fourth-order valence-corrected chi connectivity index (χ4v) is 1.53. The van der Waals surface area contributed by atoms with Gasteiger partial charge in [-0.2, -0.15) is 0 Å². The fourth-order valence-electron chi connectivity index (χ4n) is 1.09. The maximum absolute atomic E-state index is 11.6. The minimum absolute atomic E-state index is 0.154. The molecule has 1 aromatic rings. The summed E-state index contributed by atoms with van der Waals surface area (Å²) in [6, 6.07) is 5.33. The average Bonchev–Trinajstić information content (AvgIpc) is 2.18. The van der Waals surface area contributed by atoms with E-state index in [4.69, 9.17) is 5.73 Å². The van der Waals surface area contributed by atoms with Crippen LogP contribution in [0.2, 0.25) is 0 Å². The number of halogens is 1. The van der Waals surface area contributed by atoms with Crippen molar-refractivity contribution < 1.29 is 9.59 Å². The van der Waals surface area contributed by atoms with Crippen LogP contribution >= 0.6 is 15.9 Å². The van der Waals surface area contributed by atoms with Gasteiger partial charge in [-0.15, -0.1) is 0 Å². The fraction of sp³-hybridized carbons (Fsp3) is 0.200. The summed E-state index contributed by atoms with van der Waals surface area (Å²) in [5.41, 5.74) is 6.38. The number of carbonyl (C=O) groups excluding carboxylic acids is 2. The highest BCUT2D eigenvalue weighted by molar-refractivity contribution is 9.10. The van der Waals surface area contributed by atoms with E-state index in [0.29, 0.717) is 5.56 Å². The normalized spacial score (nSPS) is 9.73. The van der Waals surface area contributed by atoms with Gasteiger partial charge < -0.3 is 11.1 Å². The molecule has 15 heavy (non-hydrogen) atoms. The molecule has 3 N–H and O–H groups in total. The van der Waals surface area contributed by atoms with E-state index in [1.165, 1.54) is 0 Å². The molecule has 80 valence electrons. The van der Waals surface area contributed by atoms with Gasteiger partial charge in [0.1, 0.15) is 0 Å². The van der Waals surface area contributed by atoms with E-state index < -0.39 is 5.91 Å². The molecule has 0 aliphatic heterocycles. The Hall–Kier alpha value is -1.36. The molecule has 0 spiro atoms. The van der Waals surface area contributed by atoms with Gasteiger partial charge >= 0.3 is 0 Å². The molecular formula is C10H11BrN2O2. The van der Waals surface area contributed by atoms with Crippen molar-refractivity contribution in [1.82, 2.24) is 5.32 Å². The van der Waals surface area contributed by atoms with Crippen LogP contribution < -0.4 is 11.1 Å². The van der Waals surface area contributed by atoms with Crippen LogP contribution in [0.1, 0.15) is 15.9 Å². The zero-order valence-corrected chi connectivity index (χ0v) is 9.80. The molecule has 0 unspecified atom stereocenters. The first-order valence-corrected chi connectivity index (χ1v) is 5.13. The summed E-state index contributed by atoms with van der Waals surface area (Å²) in [5, 5.41) is 2.42. The van der Waals surface area contributed by atoms with E-state index in [2.05, 4.69) is 21.2 Å². The molecule has 4 nitrogen and oxygen atoms in total. The summed E-state index contributed by atoms with van der Waals surface area (Å²) >= 11 is 3.31. The average molecular weight is 271 g/mol. The Morgan fingerprint density at radius 2 is 2.13 bits per heavy atom. The lowest BCUT2D eigenvalue weighted by Gasteiger charge is -2.06. The number of aryl methyl sites for hydroxylation is 1. The molecule has 1 rings (SSSR count). The monoisotopic (exact) mass is 270 g/mol. The van der Waals surface area contributed by atoms with E-state index in [1.807, 2.05) is 13.0 Å². The van der Waals surface area contributed by atoms with Crippen LogP contribution in [0.4, 0.5) is 0 Å². The van der Waals surface area contributed by atoms with Gasteiger partial charge in [-0.1, -0.05) is 12.1 Å². The number of nitrogens with two attached hydrogens (primary N) is 1. The Labute approximate surface area is 96.0 Å². The molecule has 1 aromatic carbocycles. The second kappa shape index (κ2) is 4.93. The first-order valence-electron chi connectivity index (χ1n) is 4.34. The third kappa shape index (κ3) is 3.06. The van der Waals surface area contributed by atoms with Gasteiger partial charge in [0.2, 0.25) is 5.91 Å². The molecule has 0 atom stereocenters. The van der Waals surface area contributed by atoms with Crippen molar-refractivity contribution in [3.63, 3.8) is 0 Å². The lowest BCUT2D eigenvalue weighted by atomic mass is 10.1. The van der Waals surface area contributed by atoms with E-state index in [9.17, 15) is 9.59 Å². The van der Waals surface area contributed by atoms with Crippen LogP contribution in [-0.2, 0) is 4.79 Å². The van der Waals surface area contributed by atoms with Crippen LogP contribution in [0.5, 0.6) is 0 Å². The first-order chi connectivity index (χ1) is 7.02. The molecule has 0 radical (unpaired) electrons. The van der Waals surface area contributed by atoms with E-state index in [-0.39, 0.29) is 12.5 Å². The van der Waals surface area contributed by atoms with Crippen molar-refractivity contribution in [3.05, 3.63) is 33.8 Å². The van der Waals surface area contributed by atoms with Crippen LogP contribution in [0.25, 0.3) is 0 Å². The Morgan fingerprint density at radius 3 is 2.73 bits per heavy atom. The number of hydrogen-bond acceptors (Lipinski definition) is 2. The Balaban J connectivity index is 2.82. The van der Waals surface area contributed by atoms with Crippen molar-refractivity contribution in [3.8, 4) is 0 Å². The Kier molecular flexibility index (Phi) is 3.85. The lowest BCUT2D eigenvalue weighted by molar-refractivity contribution is -0.117. The Bertz CT molecular complexity index is 404. The second-order valence-corrected chi connectivity index (χ2v) is 3.88. The van der Waals surface area contributed by atoms with Crippen molar-refractivity contribution >= 4 is 27.7 Å². The molecule has 0 aliphatic carbocycles. The van der Waals surface area contributed by atoms with E-state index >= 15 is 0 Å². The van der Waals surface area contributed by atoms with Crippen LogP contribution in [0.3, 0.4) is 0 Å². The second-order valence-electron chi connectivity index (χ2n) is 3.09. The highest BCUT2D eigenvalue weighted by Crippen LogP contribution is 2.20. The van der Waals surface area contributed by atoms with E-state index in [0.717, 1.165) is 10.0 Å². The maximum Gasteiger partial charge on any atom is 0.252 e. The van der Waals surface area contributed by atoms with Gasteiger partial charge in [0.25, 0.3) is 5.91 Å². The molecule has 2 amide bonds. The molecule has 0 saturated carbocycles. The summed E-state index contributed by atoms with van der Waals surface area (Å²) in [4.78, 5) is 22.1. The topological polar surface area (TPSA) is 72.2 Å². The molecule has 0 aliphatic rings. The van der Waals surface area contributed by atoms with Gasteiger partial charge in [0, 0.05) is 4.47 Å². The van der Waals surface area contributed by atoms with Crippen LogP contribution in [-0.4, -0.2) is 18.4 Å². The first kappa shape index (κ1) is 11.7. The SMILES string of the molecule is Cc1cccc(C(=O)NCC(N)=O)c1Br. The number of carbonyl (C=O) groups is 2. The van der Waals surface area contributed by atoms with Gasteiger partial charge in [-0.05, 0) is 34.5 Å². The standard InChI is InChI=1S/C10H11BrN2O2/c1-6-3-2-4-7(9(6)11)10(15)13-5-8(12)14/h2-4H,5H2,1H3,(H2,12,14)(H,13,15). The minimum atomic E-state index is -0.563. The van der Waals surface area contributed by atoms with Gasteiger partial charge in [0.05, 0.1) is 12.1 Å². The number of hydrogen-bond donors (Lipinski definition) is 2.